The van der Waals surface area contributed by atoms with Crippen LogP contribution in [0.2, 0.25) is 0 Å². The van der Waals surface area contributed by atoms with Crippen LogP contribution in [-0.2, 0) is 22.9 Å². The zero-order chi connectivity index (χ0) is 14.0. The van der Waals surface area contributed by atoms with Gasteiger partial charge in [0.25, 0.3) is 0 Å². The van der Waals surface area contributed by atoms with Crippen molar-refractivity contribution < 1.29 is 8.42 Å². The van der Waals surface area contributed by atoms with Gasteiger partial charge >= 0.3 is 0 Å². The van der Waals surface area contributed by atoms with Crippen molar-refractivity contribution in [1.29, 1.82) is 0 Å². The molecule has 3 rings (SSSR count). The SMILES string of the molecule is O=S1(=O)CCCN(Cc2csc(CNC3CC3)n2)CC1. The highest BCUT2D eigenvalue weighted by atomic mass is 32.2. The third kappa shape index (κ3) is 4.25. The summed E-state index contributed by atoms with van der Waals surface area (Å²) in [5.74, 6) is 0.615. The maximum Gasteiger partial charge on any atom is 0.151 e. The molecule has 1 aliphatic carbocycles. The Morgan fingerprint density at radius 3 is 3.00 bits per heavy atom. The minimum Gasteiger partial charge on any atom is -0.308 e. The quantitative estimate of drug-likeness (QED) is 0.879. The lowest BCUT2D eigenvalue weighted by Gasteiger charge is -2.17. The van der Waals surface area contributed by atoms with Gasteiger partial charge in [0, 0.05) is 31.1 Å². The Labute approximate surface area is 124 Å². The summed E-state index contributed by atoms with van der Waals surface area (Å²) >= 11 is 1.69. The van der Waals surface area contributed by atoms with Crippen molar-refractivity contribution in [3.05, 3.63) is 16.1 Å². The van der Waals surface area contributed by atoms with Crippen molar-refractivity contribution in [3.8, 4) is 0 Å². The first kappa shape index (κ1) is 14.4. The third-order valence-electron chi connectivity index (χ3n) is 3.75. The number of nitrogens with zero attached hydrogens (tertiary/aromatic N) is 2. The van der Waals surface area contributed by atoms with Crippen LogP contribution in [0.25, 0.3) is 0 Å². The van der Waals surface area contributed by atoms with Gasteiger partial charge in [-0.05, 0) is 25.8 Å². The maximum absolute atomic E-state index is 11.6. The van der Waals surface area contributed by atoms with Crippen LogP contribution in [0.1, 0.15) is 30.0 Å². The summed E-state index contributed by atoms with van der Waals surface area (Å²) in [4.78, 5) is 6.84. The number of hydrogen-bond acceptors (Lipinski definition) is 6. The van der Waals surface area contributed by atoms with Gasteiger partial charge in [-0.3, -0.25) is 4.90 Å². The van der Waals surface area contributed by atoms with Gasteiger partial charge in [-0.1, -0.05) is 0 Å². The molecule has 1 aromatic rings. The van der Waals surface area contributed by atoms with E-state index in [9.17, 15) is 8.42 Å². The molecule has 5 nitrogen and oxygen atoms in total. The van der Waals surface area contributed by atoms with Gasteiger partial charge in [0.05, 0.1) is 17.2 Å². The summed E-state index contributed by atoms with van der Waals surface area (Å²) in [6, 6.07) is 0.707. The van der Waals surface area contributed by atoms with Crippen molar-refractivity contribution in [1.82, 2.24) is 15.2 Å². The lowest BCUT2D eigenvalue weighted by molar-refractivity contribution is 0.284. The smallest absolute Gasteiger partial charge is 0.151 e. The fraction of sp³-hybridized carbons (Fsp3) is 0.769. The number of hydrogen-bond donors (Lipinski definition) is 1. The molecular formula is C13H21N3O2S2. The van der Waals surface area contributed by atoms with Gasteiger partial charge in [0.1, 0.15) is 5.01 Å². The number of sulfone groups is 1. The van der Waals surface area contributed by atoms with E-state index in [1.807, 2.05) is 0 Å². The van der Waals surface area contributed by atoms with Crippen LogP contribution in [-0.4, -0.2) is 48.9 Å². The minimum absolute atomic E-state index is 0.285. The Hall–Kier alpha value is -0.500. The lowest BCUT2D eigenvalue weighted by Crippen LogP contribution is -2.26. The minimum atomic E-state index is -2.82. The second kappa shape index (κ2) is 6.09. The predicted molar refractivity (Wildman–Crippen MR) is 80.5 cm³/mol. The molecular weight excluding hydrogens is 294 g/mol. The second-order valence-corrected chi connectivity index (χ2v) is 8.92. The normalized spacial score (nSPS) is 23.6. The van der Waals surface area contributed by atoms with Crippen LogP contribution >= 0.6 is 11.3 Å². The van der Waals surface area contributed by atoms with E-state index in [2.05, 4.69) is 20.6 Å². The van der Waals surface area contributed by atoms with Gasteiger partial charge in [0.2, 0.25) is 0 Å². The van der Waals surface area contributed by atoms with Crippen molar-refractivity contribution in [2.45, 2.75) is 38.4 Å². The molecule has 2 fully saturated rings. The summed E-state index contributed by atoms with van der Waals surface area (Å²) in [6.45, 7) is 3.13. The van der Waals surface area contributed by atoms with Crippen molar-refractivity contribution in [2.24, 2.45) is 0 Å². The molecule has 0 radical (unpaired) electrons. The van der Waals surface area contributed by atoms with Gasteiger partial charge in [-0.15, -0.1) is 11.3 Å². The highest BCUT2D eigenvalue weighted by Gasteiger charge is 2.21. The van der Waals surface area contributed by atoms with E-state index in [1.54, 1.807) is 11.3 Å². The predicted octanol–water partition coefficient (Wildman–Crippen LogP) is 1.02. The maximum atomic E-state index is 11.6. The second-order valence-electron chi connectivity index (χ2n) is 5.67. The zero-order valence-electron chi connectivity index (χ0n) is 11.5. The molecule has 2 aliphatic rings. The standard InChI is InChI=1S/C13H21N3O2S2/c17-20(18)6-1-4-16(5-7-20)9-12-10-19-13(15-12)8-14-11-2-3-11/h10-11,14H,1-9H2. The molecule has 20 heavy (non-hydrogen) atoms. The molecule has 0 spiro atoms. The Morgan fingerprint density at radius 1 is 1.35 bits per heavy atom. The Balaban J connectivity index is 1.51. The first-order valence-electron chi connectivity index (χ1n) is 7.20. The summed E-state index contributed by atoms with van der Waals surface area (Å²) < 4.78 is 23.2. The van der Waals surface area contributed by atoms with E-state index < -0.39 is 9.84 Å². The van der Waals surface area contributed by atoms with Gasteiger partial charge in [-0.2, -0.15) is 0 Å². The summed E-state index contributed by atoms with van der Waals surface area (Å²) in [7, 11) is -2.82. The molecule has 112 valence electrons. The number of aromatic nitrogens is 1. The molecule has 0 bridgehead atoms. The fourth-order valence-electron chi connectivity index (χ4n) is 2.40. The first-order chi connectivity index (χ1) is 9.61. The van der Waals surface area contributed by atoms with E-state index >= 15 is 0 Å². The van der Waals surface area contributed by atoms with Crippen molar-refractivity contribution in [3.63, 3.8) is 0 Å². The highest BCUT2D eigenvalue weighted by Crippen LogP contribution is 2.20. The Morgan fingerprint density at radius 2 is 2.20 bits per heavy atom. The molecule has 1 N–H and O–H groups in total. The fourth-order valence-corrected chi connectivity index (χ4v) is 4.44. The van der Waals surface area contributed by atoms with Crippen LogP contribution in [0.3, 0.4) is 0 Å². The molecule has 0 aromatic carbocycles. The molecule has 2 heterocycles. The molecule has 1 aliphatic heterocycles. The number of thiazole rings is 1. The largest absolute Gasteiger partial charge is 0.308 e. The molecule has 1 saturated carbocycles. The summed E-state index contributed by atoms with van der Waals surface area (Å²) in [5.41, 5.74) is 1.07. The Bertz CT molecular complexity index is 552. The zero-order valence-corrected chi connectivity index (χ0v) is 13.2. The van der Waals surface area contributed by atoms with Crippen LogP contribution in [0, 0.1) is 0 Å². The third-order valence-corrected chi connectivity index (χ3v) is 6.37. The number of rotatable bonds is 5. The molecule has 1 aromatic heterocycles. The lowest BCUT2D eigenvalue weighted by atomic mass is 10.3. The monoisotopic (exact) mass is 315 g/mol. The molecule has 0 unspecified atom stereocenters. The molecule has 7 heteroatoms. The number of nitrogens with one attached hydrogen (secondary N) is 1. The van der Waals surface area contributed by atoms with Crippen LogP contribution < -0.4 is 5.32 Å². The molecule has 1 saturated heterocycles. The average molecular weight is 315 g/mol. The summed E-state index contributed by atoms with van der Waals surface area (Å²) in [6.07, 6.45) is 3.32. The van der Waals surface area contributed by atoms with Crippen LogP contribution in [0.5, 0.6) is 0 Å². The Kier molecular flexibility index (Phi) is 4.40. The highest BCUT2D eigenvalue weighted by molar-refractivity contribution is 7.91. The van der Waals surface area contributed by atoms with Crippen molar-refractivity contribution in [2.75, 3.05) is 24.6 Å². The average Bonchev–Trinajstić information content (AvgIpc) is 3.15. The topological polar surface area (TPSA) is 62.3 Å². The molecule has 0 atom stereocenters. The van der Waals surface area contributed by atoms with Crippen LogP contribution in [0.15, 0.2) is 5.38 Å². The van der Waals surface area contributed by atoms with Gasteiger partial charge in [-0.25, -0.2) is 13.4 Å². The van der Waals surface area contributed by atoms with Gasteiger partial charge < -0.3 is 5.32 Å². The van der Waals surface area contributed by atoms with E-state index in [-0.39, 0.29) is 5.75 Å². The van der Waals surface area contributed by atoms with E-state index in [0.717, 1.165) is 36.8 Å². The van der Waals surface area contributed by atoms with E-state index in [1.165, 1.54) is 12.8 Å². The van der Waals surface area contributed by atoms with E-state index in [0.29, 0.717) is 18.3 Å². The molecule has 0 amide bonds. The van der Waals surface area contributed by atoms with Crippen molar-refractivity contribution >= 4 is 21.2 Å². The van der Waals surface area contributed by atoms with E-state index in [4.69, 9.17) is 0 Å². The summed E-state index contributed by atoms with van der Waals surface area (Å²) in [5, 5.41) is 6.70. The van der Waals surface area contributed by atoms with Gasteiger partial charge in [0.15, 0.2) is 9.84 Å². The first-order valence-corrected chi connectivity index (χ1v) is 9.90. The van der Waals surface area contributed by atoms with Crippen LogP contribution in [0.4, 0.5) is 0 Å².